The molecule has 1 aromatic carbocycles. The normalized spacial score (nSPS) is 11.4. The Balaban J connectivity index is 1.71. The molecule has 0 saturated carbocycles. The van der Waals surface area contributed by atoms with Crippen LogP contribution in [-0.2, 0) is 12.2 Å². The predicted molar refractivity (Wildman–Crippen MR) is 94.7 cm³/mol. The second-order valence-electron chi connectivity index (χ2n) is 5.45. The first-order valence-corrected chi connectivity index (χ1v) is 8.78. The monoisotopic (exact) mass is 339 g/mol. The van der Waals surface area contributed by atoms with Gasteiger partial charge in [-0.15, -0.1) is 10.2 Å². The number of ether oxygens (including phenoxy) is 1. The largest absolute Gasteiger partial charge is 0.497 e. The molecule has 0 unspecified atom stereocenters. The van der Waals surface area contributed by atoms with E-state index in [2.05, 4.69) is 27.6 Å². The Morgan fingerprint density at radius 1 is 1.17 bits per heavy atom. The van der Waals surface area contributed by atoms with Crippen LogP contribution in [0.2, 0.25) is 0 Å². The van der Waals surface area contributed by atoms with Crippen LogP contribution >= 0.6 is 11.8 Å². The first-order valence-electron chi connectivity index (χ1n) is 7.80. The molecule has 0 aliphatic carbocycles. The van der Waals surface area contributed by atoms with Gasteiger partial charge in [0.15, 0.2) is 5.58 Å². The van der Waals surface area contributed by atoms with Gasteiger partial charge in [-0.2, -0.15) is 0 Å². The van der Waals surface area contributed by atoms with Gasteiger partial charge in [0.25, 0.3) is 0 Å². The van der Waals surface area contributed by atoms with Crippen LogP contribution in [0.15, 0.2) is 52.1 Å². The topological polar surface area (TPSA) is 52.6 Å². The molecule has 3 aromatic heterocycles. The van der Waals surface area contributed by atoms with Gasteiger partial charge in [-0.25, -0.2) is 0 Å². The highest BCUT2D eigenvalue weighted by Crippen LogP contribution is 2.31. The van der Waals surface area contributed by atoms with Crippen molar-refractivity contribution < 1.29 is 9.15 Å². The Labute approximate surface area is 143 Å². The van der Waals surface area contributed by atoms with Crippen LogP contribution in [0.25, 0.3) is 16.6 Å². The molecule has 0 fully saturated rings. The van der Waals surface area contributed by atoms with E-state index in [1.807, 2.05) is 30.3 Å². The number of hydrogen-bond acceptors (Lipinski definition) is 5. The van der Waals surface area contributed by atoms with Crippen LogP contribution in [0.5, 0.6) is 5.75 Å². The molecule has 0 amide bonds. The fraction of sp³-hybridized carbons (Fsp3) is 0.222. The zero-order valence-electron chi connectivity index (χ0n) is 13.5. The van der Waals surface area contributed by atoms with E-state index in [1.165, 1.54) is 5.56 Å². The lowest BCUT2D eigenvalue weighted by Crippen LogP contribution is -2.03. The molecule has 0 aliphatic rings. The van der Waals surface area contributed by atoms with Crippen molar-refractivity contribution in [3.05, 3.63) is 54.0 Å². The van der Waals surface area contributed by atoms with E-state index in [1.54, 1.807) is 25.1 Å². The Hall–Kier alpha value is -2.47. The third-order valence-corrected chi connectivity index (χ3v) is 5.02. The molecule has 0 radical (unpaired) electrons. The lowest BCUT2D eigenvalue weighted by Gasteiger charge is -2.08. The van der Waals surface area contributed by atoms with Gasteiger partial charge in [0.2, 0.25) is 0 Å². The third kappa shape index (κ3) is 2.53. The number of benzene rings is 1. The minimum atomic E-state index is 0.805. The number of furan rings is 1. The van der Waals surface area contributed by atoms with Gasteiger partial charge in [0.1, 0.15) is 16.6 Å². The number of aryl methyl sites for hydroxylation is 1. The number of thioether (sulfide) groups is 1. The molecule has 4 rings (SSSR count). The summed E-state index contributed by atoms with van der Waals surface area (Å²) in [5.41, 5.74) is 4.14. The summed E-state index contributed by atoms with van der Waals surface area (Å²) in [6.45, 7) is 2.08. The zero-order chi connectivity index (χ0) is 16.5. The van der Waals surface area contributed by atoms with E-state index in [4.69, 9.17) is 9.15 Å². The molecule has 122 valence electrons. The average molecular weight is 339 g/mol. The maximum Gasteiger partial charge on any atom is 0.152 e. The molecule has 3 heterocycles. The van der Waals surface area contributed by atoms with Crippen LogP contribution in [0.4, 0.5) is 0 Å². The lowest BCUT2D eigenvalue weighted by atomic mass is 10.2. The highest BCUT2D eigenvalue weighted by molar-refractivity contribution is 7.98. The van der Waals surface area contributed by atoms with Gasteiger partial charge in [-0.05, 0) is 17.7 Å². The Morgan fingerprint density at radius 2 is 2.08 bits per heavy atom. The van der Waals surface area contributed by atoms with E-state index in [0.717, 1.165) is 45.4 Å². The minimum Gasteiger partial charge on any atom is -0.497 e. The molecule has 0 N–H and O–H groups in total. The van der Waals surface area contributed by atoms with Crippen LogP contribution in [0.1, 0.15) is 18.3 Å². The van der Waals surface area contributed by atoms with Crippen molar-refractivity contribution in [2.24, 2.45) is 0 Å². The van der Waals surface area contributed by atoms with Gasteiger partial charge in [-0.1, -0.05) is 30.8 Å². The van der Waals surface area contributed by atoms with Crippen molar-refractivity contribution in [2.45, 2.75) is 24.1 Å². The predicted octanol–water partition coefficient (Wildman–Crippen LogP) is 4.34. The van der Waals surface area contributed by atoms with Gasteiger partial charge < -0.3 is 9.15 Å². The Kier molecular flexibility index (Phi) is 3.90. The van der Waals surface area contributed by atoms with Crippen LogP contribution in [0.3, 0.4) is 0 Å². The molecule has 0 aliphatic heterocycles. The smallest absolute Gasteiger partial charge is 0.152 e. The van der Waals surface area contributed by atoms with E-state index in [-0.39, 0.29) is 0 Å². The van der Waals surface area contributed by atoms with E-state index >= 15 is 0 Å². The second-order valence-corrected chi connectivity index (χ2v) is 6.41. The molecule has 0 saturated heterocycles. The van der Waals surface area contributed by atoms with Crippen molar-refractivity contribution >= 4 is 28.4 Å². The maximum atomic E-state index is 5.55. The Morgan fingerprint density at radius 3 is 2.92 bits per heavy atom. The summed E-state index contributed by atoms with van der Waals surface area (Å²) in [6.07, 6.45) is 2.53. The SMILES string of the molecule is CCc1nnc(SCc2cccc(OC)c2)c2cc3occc3n12. The summed E-state index contributed by atoms with van der Waals surface area (Å²) < 4.78 is 13.0. The number of rotatable bonds is 5. The summed E-state index contributed by atoms with van der Waals surface area (Å²) >= 11 is 1.67. The molecular formula is C18H17N3O2S. The Bertz CT molecular complexity index is 1010. The van der Waals surface area contributed by atoms with Gasteiger partial charge in [0, 0.05) is 24.3 Å². The van der Waals surface area contributed by atoms with E-state index < -0.39 is 0 Å². The number of fused-ring (bicyclic) bond motifs is 3. The molecule has 5 nitrogen and oxygen atoms in total. The van der Waals surface area contributed by atoms with Crippen LogP contribution < -0.4 is 4.74 Å². The van der Waals surface area contributed by atoms with Crippen molar-refractivity contribution in [3.8, 4) is 5.75 Å². The van der Waals surface area contributed by atoms with E-state index in [9.17, 15) is 0 Å². The number of methoxy groups -OCH3 is 1. The minimum absolute atomic E-state index is 0.805. The van der Waals surface area contributed by atoms with Crippen molar-refractivity contribution in [1.29, 1.82) is 0 Å². The zero-order valence-corrected chi connectivity index (χ0v) is 14.3. The standard InChI is InChI=1S/C18H17N3O2S/c1-3-17-19-20-18(15-10-16-14(21(15)17)7-8-23-16)24-11-12-5-4-6-13(9-12)22-2/h4-10H,3,11H2,1-2H3. The van der Waals surface area contributed by atoms with E-state index in [0.29, 0.717) is 0 Å². The number of aromatic nitrogens is 3. The molecule has 4 aromatic rings. The van der Waals surface area contributed by atoms with Crippen molar-refractivity contribution in [2.75, 3.05) is 7.11 Å². The molecule has 0 bridgehead atoms. The highest BCUT2D eigenvalue weighted by Gasteiger charge is 2.14. The van der Waals surface area contributed by atoms with Crippen molar-refractivity contribution in [3.63, 3.8) is 0 Å². The second kappa shape index (κ2) is 6.20. The molecule has 0 atom stereocenters. The van der Waals surface area contributed by atoms with Gasteiger partial charge >= 0.3 is 0 Å². The molecular weight excluding hydrogens is 322 g/mol. The van der Waals surface area contributed by atoms with Crippen LogP contribution in [-0.4, -0.2) is 21.7 Å². The summed E-state index contributed by atoms with van der Waals surface area (Å²) in [7, 11) is 1.68. The summed E-state index contributed by atoms with van der Waals surface area (Å²) in [4.78, 5) is 0. The van der Waals surface area contributed by atoms with Gasteiger partial charge in [-0.3, -0.25) is 4.40 Å². The summed E-state index contributed by atoms with van der Waals surface area (Å²) in [6, 6.07) is 12.1. The third-order valence-electron chi connectivity index (χ3n) is 3.98. The number of hydrogen-bond donors (Lipinski definition) is 0. The first kappa shape index (κ1) is 15.1. The average Bonchev–Trinajstić information content (AvgIpc) is 3.21. The quantitative estimate of drug-likeness (QED) is 0.506. The lowest BCUT2D eigenvalue weighted by molar-refractivity contribution is 0.414. The van der Waals surface area contributed by atoms with Crippen LogP contribution in [0, 0.1) is 0 Å². The summed E-state index contributed by atoms with van der Waals surface area (Å²) in [5, 5.41) is 9.73. The molecule has 24 heavy (non-hydrogen) atoms. The highest BCUT2D eigenvalue weighted by atomic mass is 32.2. The molecule has 0 spiro atoms. The van der Waals surface area contributed by atoms with Gasteiger partial charge in [0.05, 0.1) is 24.4 Å². The fourth-order valence-electron chi connectivity index (χ4n) is 2.81. The number of nitrogens with zero attached hydrogens (tertiary/aromatic N) is 3. The summed E-state index contributed by atoms with van der Waals surface area (Å²) in [5.74, 6) is 2.61. The first-order chi connectivity index (χ1) is 11.8. The van der Waals surface area contributed by atoms with Crippen molar-refractivity contribution in [1.82, 2.24) is 14.6 Å². The molecule has 6 heteroatoms. The maximum absolute atomic E-state index is 5.55. The fourth-order valence-corrected chi connectivity index (χ4v) is 3.69.